The zero-order valence-corrected chi connectivity index (χ0v) is 12.2. The molecule has 0 aliphatic heterocycles. The van der Waals surface area contributed by atoms with Crippen LogP contribution >= 0.6 is 0 Å². The maximum atomic E-state index is 11.7. The highest BCUT2D eigenvalue weighted by molar-refractivity contribution is 5.68. The largest absolute Gasteiger partial charge is 0.444 e. The topological polar surface area (TPSA) is 58.6 Å². The number of carbonyl (C=O) groups is 1. The average Bonchev–Trinajstić information content (AvgIpc) is 2.13. The maximum Gasteiger partial charge on any atom is 0.408 e. The molecule has 4 heteroatoms. The minimum absolute atomic E-state index is 0.0496. The number of amides is 1. The van der Waals surface area contributed by atoms with Gasteiger partial charge in [0.2, 0.25) is 0 Å². The first-order chi connectivity index (χ1) is 8.24. The van der Waals surface area contributed by atoms with E-state index in [0.29, 0.717) is 12.3 Å². The second-order valence-corrected chi connectivity index (χ2v) is 5.82. The van der Waals surface area contributed by atoms with E-state index in [1.165, 1.54) is 0 Å². The average molecular weight is 257 g/mol. The molecule has 1 unspecified atom stereocenters. The molecule has 2 N–H and O–H groups in total. The maximum absolute atomic E-state index is 11.7. The van der Waals surface area contributed by atoms with Gasteiger partial charge < -0.3 is 15.2 Å². The molecule has 0 aromatic heterocycles. The summed E-state index contributed by atoms with van der Waals surface area (Å²) in [7, 11) is 0. The van der Waals surface area contributed by atoms with Crippen LogP contribution in [0.3, 0.4) is 0 Å². The molecule has 0 aromatic rings. The van der Waals surface area contributed by atoms with Gasteiger partial charge >= 0.3 is 6.09 Å². The fourth-order valence-electron chi connectivity index (χ4n) is 1.49. The number of ether oxygens (including phenoxy) is 1. The van der Waals surface area contributed by atoms with Crippen molar-refractivity contribution in [2.75, 3.05) is 6.61 Å². The van der Waals surface area contributed by atoms with Gasteiger partial charge in [-0.1, -0.05) is 26.0 Å². The highest BCUT2D eigenvalue weighted by atomic mass is 16.6. The van der Waals surface area contributed by atoms with Crippen molar-refractivity contribution in [3.63, 3.8) is 0 Å². The number of aliphatic hydroxyl groups excluding tert-OH is 1. The SMILES string of the molecule is CC(C)CC(C=CCCO)NC(=O)OC(C)(C)C. The van der Waals surface area contributed by atoms with Crippen LogP contribution in [0.4, 0.5) is 4.79 Å². The van der Waals surface area contributed by atoms with Gasteiger partial charge in [0.15, 0.2) is 0 Å². The van der Waals surface area contributed by atoms with E-state index in [2.05, 4.69) is 19.2 Å². The summed E-state index contributed by atoms with van der Waals surface area (Å²) in [5.41, 5.74) is -0.485. The molecule has 0 spiro atoms. The molecule has 0 aliphatic carbocycles. The summed E-state index contributed by atoms with van der Waals surface area (Å²) >= 11 is 0. The van der Waals surface area contributed by atoms with Gasteiger partial charge in [0, 0.05) is 6.61 Å². The zero-order valence-electron chi connectivity index (χ0n) is 12.2. The highest BCUT2D eigenvalue weighted by Crippen LogP contribution is 2.10. The number of hydrogen-bond acceptors (Lipinski definition) is 3. The number of alkyl carbamates (subject to hydrolysis) is 1. The van der Waals surface area contributed by atoms with E-state index in [0.717, 1.165) is 6.42 Å². The summed E-state index contributed by atoms with van der Waals surface area (Å²) < 4.78 is 5.22. The first kappa shape index (κ1) is 17.0. The second-order valence-electron chi connectivity index (χ2n) is 5.82. The van der Waals surface area contributed by atoms with Crippen molar-refractivity contribution in [2.24, 2.45) is 5.92 Å². The lowest BCUT2D eigenvalue weighted by atomic mass is 10.0. The molecule has 0 radical (unpaired) electrons. The third-order valence-electron chi connectivity index (χ3n) is 2.09. The molecule has 0 saturated heterocycles. The Balaban J connectivity index is 4.35. The van der Waals surface area contributed by atoms with Crippen LogP contribution in [0.1, 0.15) is 47.5 Å². The monoisotopic (exact) mass is 257 g/mol. The predicted molar refractivity (Wildman–Crippen MR) is 73.5 cm³/mol. The molecule has 0 bridgehead atoms. The van der Waals surface area contributed by atoms with Crippen LogP contribution in [0.15, 0.2) is 12.2 Å². The Kier molecular flexibility index (Phi) is 7.67. The Morgan fingerprint density at radius 1 is 1.39 bits per heavy atom. The third-order valence-corrected chi connectivity index (χ3v) is 2.09. The molecule has 1 atom stereocenters. The molecule has 0 aromatic carbocycles. The van der Waals surface area contributed by atoms with Gasteiger partial charge in [-0.2, -0.15) is 0 Å². The lowest BCUT2D eigenvalue weighted by Gasteiger charge is -2.23. The molecule has 0 aliphatic rings. The van der Waals surface area contributed by atoms with Gasteiger partial charge in [0.25, 0.3) is 0 Å². The Bertz CT molecular complexity index is 267. The van der Waals surface area contributed by atoms with Crippen molar-refractivity contribution >= 4 is 6.09 Å². The Hall–Kier alpha value is -1.03. The molecule has 18 heavy (non-hydrogen) atoms. The normalized spacial score (nSPS) is 13.9. The highest BCUT2D eigenvalue weighted by Gasteiger charge is 2.18. The molecule has 106 valence electrons. The van der Waals surface area contributed by atoms with Crippen molar-refractivity contribution in [1.29, 1.82) is 0 Å². The van der Waals surface area contributed by atoms with E-state index in [4.69, 9.17) is 9.84 Å². The van der Waals surface area contributed by atoms with E-state index in [1.807, 2.05) is 32.9 Å². The Morgan fingerprint density at radius 3 is 2.44 bits per heavy atom. The van der Waals surface area contributed by atoms with E-state index >= 15 is 0 Å². The van der Waals surface area contributed by atoms with Gasteiger partial charge in [-0.15, -0.1) is 0 Å². The molecule has 0 saturated carbocycles. The minimum Gasteiger partial charge on any atom is -0.444 e. The van der Waals surface area contributed by atoms with Crippen molar-refractivity contribution < 1.29 is 14.6 Å². The van der Waals surface area contributed by atoms with Crippen molar-refractivity contribution in [2.45, 2.75) is 59.1 Å². The van der Waals surface area contributed by atoms with Crippen LogP contribution in [-0.4, -0.2) is 29.4 Å². The Labute approximate surface area is 110 Å². The summed E-state index contributed by atoms with van der Waals surface area (Å²) in [6.45, 7) is 9.84. The molecular formula is C14H27NO3. The van der Waals surface area contributed by atoms with Crippen LogP contribution in [0.5, 0.6) is 0 Å². The van der Waals surface area contributed by atoms with E-state index < -0.39 is 11.7 Å². The predicted octanol–water partition coefficient (Wildman–Crippen LogP) is 2.86. The molecule has 1 amide bonds. The van der Waals surface area contributed by atoms with Gasteiger partial charge in [-0.05, 0) is 39.5 Å². The smallest absolute Gasteiger partial charge is 0.408 e. The molecule has 0 heterocycles. The first-order valence-electron chi connectivity index (χ1n) is 6.51. The number of aliphatic hydroxyl groups is 1. The Morgan fingerprint density at radius 2 is 2.00 bits per heavy atom. The fourth-order valence-corrected chi connectivity index (χ4v) is 1.49. The summed E-state index contributed by atoms with van der Waals surface area (Å²) in [5.74, 6) is 0.476. The van der Waals surface area contributed by atoms with Crippen LogP contribution in [-0.2, 0) is 4.74 Å². The lowest BCUT2D eigenvalue weighted by Crippen LogP contribution is -2.38. The van der Waals surface area contributed by atoms with Gasteiger partial charge in [-0.3, -0.25) is 0 Å². The van der Waals surface area contributed by atoms with Crippen molar-refractivity contribution in [1.82, 2.24) is 5.32 Å². The van der Waals surface area contributed by atoms with Gasteiger partial charge in [0.05, 0.1) is 6.04 Å². The van der Waals surface area contributed by atoms with Gasteiger partial charge in [-0.25, -0.2) is 4.79 Å². The number of rotatable bonds is 6. The zero-order chi connectivity index (χ0) is 14.2. The molecular weight excluding hydrogens is 230 g/mol. The number of hydrogen-bond donors (Lipinski definition) is 2. The first-order valence-corrected chi connectivity index (χ1v) is 6.51. The quantitative estimate of drug-likeness (QED) is 0.719. The summed E-state index contributed by atoms with van der Waals surface area (Å²) in [5, 5.41) is 11.6. The third kappa shape index (κ3) is 10.1. The summed E-state index contributed by atoms with van der Waals surface area (Å²) in [6.07, 6.45) is 4.85. The second kappa shape index (κ2) is 8.14. The number of carbonyl (C=O) groups excluding carboxylic acids is 1. The molecule has 4 nitrogen and oxygen atoms in total. The van der Waals surface area contributed by atoms with Crippen LogP contribution in [0.2, 0.25) is 0 Å². The molecule has 0 rings (SSSR count). The fraction of sp³-hybridized carbons (Fsp3) is 0.786. The number of nitrogens with one attached hydrogen (secondary N) is 1. The van der Waals surface area contributed by atoms with Crippen LogP contribution in [0, 0.1) is 5.92 Å². The van der Waals surface area contributed by atoms with Crippen LogP contribution in [0.25, 0.3) is 0 Å². The van der Waals surface area contributed by atoms with Crippen LogP contribution < -0.4 is 5.32 Å². The summed E-state index contributed by atoms with van der Waals surface area (Å²) in [4.78, 5) is 11.7. The van der Waals surface area contributed by atoms with Gasteiger partial charge in [0.1, 0.15) is 5.60 Å². The summed E-state index contributed by atoms with van der Waals surface area (Å²) in [6, 6.07) is -0.0496. The van der Waals surface area contributed by atoms with Crippen molar-refractivity contribution in [3.8, 4) is 0 Å². The standard InChI is InChI=1S/C14H27NO3/c1-11(2)10-12(8-6-7-9-16)15-13(17)18-14(3,4)5/h6,8,11-12,16H,7,9-10H2,1-5H3,(H,15,17). The van der Waals surface area contributed by atoms with E-state index in [9.17, 15) is 4.79 Å². The lowest BCUT2D eigenvalue weighted by molar-refractivity contribution is 0.0510. The van der Waals surface area contributed by atoms with E-state index in [-0.39, 0.29) is 12.6 Å². The molecule has 0 fully saturated rings. The van der Waals surface area contributed by atoms with E-state index in [1.54, 1.807) is 0 Å². The van der Waals surface area contributed by atoms with Crippen molar-refractivity contribution in [3.05, 3.63) is 12.2 Å². The minimum atomic E-state index is -0.485.